The van der Waals surface area contributed by atoms with Crippen molar-refractivity contribution in [2.45, 2.75) is 0 Å². The number of hydrogen-bond donors (Lipinski definition) is 0. The molecular weight excluding hydrogens is 348 g/mol. The molecule has 128 valence electrons. The van der Waals surface area contributed by atoms with Gasteiger partial charge < -0.3 is 9.15 Å². The maximum atomic E-state index is 11.5. The zero-order chi connectivity index (χ0) is 17.9. The Morgan fingerprint density at radius 2 is 1.77 bits per heavy atom. The number of rotatable bonds is 4. The molecule has 0 atom stereocenters. The lowest BCUT2D eigenvalue weighted by Crippen LogP contribution is -2.00. The van der Waals surface area contributed by atoms with Gasteiger partial charge in [0.2, 0.25) is 0 Å². The number of ether oxygens (including phenoxy) is 1. The van der Waals surface area contributed by atoms with Gasteiger partial charge in [-0.1, -0.05) is 30.3 Å². The largest absolute Gasteiger partial charge is 0.464 e. The summed E-state index contributed by atoms with van der Waals surface area (Å²) in [5.74, 6) is 0.903. The lowest BCUT2D eigenvalue weighted by molar-refractivity contribution is 0.0595. The summed E-state index contributed by atoms with van der Waals surface area (Å²) in [6, 6.07) is 17.6. The van der Waals surface area contributed by atoms with Crippen LogP contribution < -0.4 is 0 Å². The van der Waals surface area contributed by atoms with Crippen LogP contribution in [0.3, 0.4) is 0 Å². The molecule has 0 fully saturated rings. The number of hydrogen-bond acceptors (Lipinski definition) is 6. The first-order chi connectivity index (χ1) is 12.7. The molecular formula is C20H14N2O3S. The summed E-state index contributed by atoms with van der Waals surface area (Å²) in [7, 11) is 1.33. The molecule has 26 heavy (non-hydrogen) atoms. The molecule has 6 heteroatoms. The average Bonchev–Trinajstić information content (AvgIpc) is 3.38. The highest BCUT2D eigenvalue weighted by Gasteiger charge is 2.15. The number of benzene rings is 1. The van der Waals surface area contributed by atoms with Gasteiger partial charge in [-0.2, -0.15) is 0 Å². The Labute approximate surface area is 153 Å². The van der Waals surface area contributed by atoms with Crippen LogP contribution in [-0.4, -0.2) is 23.0 Å². The standard InChI is InChI=1S/C20H14N2O3S/c1-24-20(23)16-12-26-19(22-16)18-10-9-17(25-18)14-7-5-13(6-8-14)15-4-2-3-11-21-15/h2-12H,1H3. The Morgan fingerprint density at radius 1 is 1.00 bits per heavy atom. The monoisotopic (exact) mass is 362 g/mol. The summed E-state index contributed by atoms with van der Waals surface area (Å²) in [6.07, 6.45) is 1.78. The Kier molecular flexibility index (Phi) is 4.33. The van der Waals surface area contributed by atoms with Crippen molar-refractivity contribution in [1.82, 2.24) is 9.97 Å². The highest BCUT2D eigenvalue weighted by molar-refractivity contribution is 7.13. The van der Waals surface area contributed by atoms with E-state index in [1.54, 1.807) is 11.6 Å². The second kappa shape index (κ2) is 6.93. The topological polar surface area (TPSA) is 65.2 Å². The molecule has 1 aromatic carbocycles. The molecule has 0 unspecified atom stereocenters. The van der Waals surface area contributed by atoms with E-state index >= 15 is 0 Å². The molecule has 4 rings (SSSR count). The lowest BCUT2D eigenvalue weighted by Gasteiger charge is -2.02. The highest BCUT2D eigenvalue weighted by Crippen LogP contribution is 2.31. The van der Waals surface area contributed by atoms with Gasteiger partial charge in [-0.05, 0) is 24.3 Å². The van der Waals surface area contributed by atoms with E-state index in [9.17, 15) is 4.79 Å². The van der Waals surface area contributed by atoms with Gasteiger partial charge in [-0.15, -0.1) is 11.3 Å². The first kappa shape index (κ1) is 16.2. The van der Waals surface area contributed by atoms with Crippen molar-refractivity contribution in [1.29, 1.82) is 0 Å². The minimum absolute atomic E-state index is 0.283. The van der Waals surface area contributed by atoms with E-state index in [0.29, 0.717) is 10.8 Å². The summed E-state index contributed by atoms with van der Waals surface area (Å²) in [6.45, 7) is 0. The third-order valence-electron chi connectivity index (χ3n) is 3.85. The summed E-state index contributed by atoms with van der Waals surface area (Å²) in [4.78, 5) is 20.1. The summed E-state index contributed by atoms with van der Waals surface area (Å²) < 4.78 is 10.6. The number of thiazole rings is 1. The first-order valence-electron chi connectivity index (χ1n) is 7.90. The maximum Gasteiger partial charge on any atom is 0.357 e. The van der Waals surface area contributed by atoms with Gasteiger partial charge in [0.15, 0.2) is 16.5 Å². The molecule has 0 bridgehead atoms. The van der Waals surface area contributed by atoms with E-state index in [4.69, 9.17) is 4.42 Å². The SMILES string of the molecule is COC(=O)c1csc(-c2ccc(-c3ccc(-c4ccccn4)cc3)o2)n1. The van der Waals surface area contributed by atoms with E-state index < -0.39 is 5.97 Å². The molecule has 5 nitrogen and oxygen atoms in total. The number of carbonyl (C=O) groups excluding carboxylic acids is 1. The molecule has 0 saturated carbocycles. The molecule has 4 aromatic rings. The van der Waals surface area contributed by atoms with Gasteiger partial charge in [0.1, 0.15) is 5.76 Å². The van der Waals surface area contributed by atoms with E-state index in [1.165, 1.54) is 18.4 Å². The van der Waals surface area contributed by atoms with Crippen LogP contribution >= 0.6 is 11.3 Å². The number of esters is 1. The van der Waals surface area contributed by atoms with Crippen LogP contribution in [0.5, 0.6) is 0 Å². The number of aromatic nitrogens is 2. The second-order valence-corrected chi connectivity index (χ2v) is 6.34. The number of methoxy groups -OCH3 is 1. The normalized spacial score (nSPS) is 10.7. The third-order valence-corrected chi connectivity index (χ3v) is 4.70. The average molecular weight is 362 g/mol. The number of pyridine rings is 1. The molecule has 0 saturated heterocycles. The fourth-order valence-electron chi connectivity index (χ4n) is 2.53. The molecule has 0 spiro atoms. The molecule has 0 aliphatic heterocycles. The van der Waals surface area contributed by atoms with Gasteiger partial charge in [0.25, 0.3) is 0 Å². The van der Waals surface area contributed by atoms with Crippen molar-refractivity contribution in [2.24, 2.45) is 0 Å². The van der Waals surface area contributed by atoms with Crippen LogP contribution in [0.4, 0.5) is 0 Å². The lowest BCUT2D eigenvalue weighted by atomic mass is 10.1. The van der Waals surface area contributed by atoms with Crippen LogP contribution in [0.1, 0.15) is 10.5 Å². The van der Waals surface area contributed by atoms with Gasteiger partial charge in [0, 0.05) is 22.7 Å². The molecule has 0 aliphatic carbocycles. The predicted molar refractivity (Wildman–Crippen MR) is 99.8 cm³/mol. The van der Waals surface area contributed by atoms with E-state index in [-0.39, 0.29) is 5.69 Å². The summed E-state index contributed by atoms with van der Waals surface area (Å²) in [5.41, 5.74) is 3.21. The predicted octanol–water partition coefficient (Wildman–Crippen LogP) is 4.92. The summed E-state index contributed by atoms with van der Waals surface area (Å²) >= 11 is 1.34. The fourth-order valence-corrected chi connectivity index (χ4v) is 3.28. The van der Waals surface area contributed by atoms with Crippen molar-refractivity contribution in [3.8, 4) is 33.3 Å². The van der Waals surface area contributed by atoms with Gasteiger partial charge in [0.05, 0.1) is 12.8 Å². The molecule has 0 aliphatic rings. The Morgan fingerprint density at radius 3 is 2.50 bits per heavy atom. The van der Waals surface area contributed by atoms with Crippen LogP contribution in [0, 0.1) is 0 Å². The smallest absolute Gasteiger partial charge is 0.357 e. The van der Waals surface area contributed by atoms with Crippen molar-refractivity contribution in [2.75, 3.05) is 7.11 Å². The summed E-state index contributed by atoms with van der Waals surface area (Å²) in [5, 5.41) is 2.30. The van der Waals surface area contributed by atoms with Crippen LogP contribution in [-0.2, 0) is 4.74 Å². The molecule has 0 N–H and O–H groups in total. The van der Waals surface area contributed by atoms with Crippen LogP contribution in [0.15, 0.2) is 70.6 Å². The van der Waals surface area contributed by atoms with E-state index in [0.717, 1.165) is 22.6 Å². The third kappa shape index (κ3) is 3.14. The molecule has 0 radical (unpaired) electrons. The fraction of sp³-hybridized carbons (Fsp3) is 0.0500. The number of nitrogens with zero attached hydrogens (tertiary/aromatic N) is 2. The highest BCUT2D eigenvalue weighted by atomic mass is 32.1. The van der Waals surface area contributed by atoms with Crippen LogP contribution in [0.25, 0.3) is 33.3 Å². The molecule has 0 amide bonds. The Hall–Kier alpha value is -3.25. The van der Waals surface area contributed by atoms with Gasteiger partial charge >= 0.3 is 5.97 Å². The number of furan rings is 1. The molecule has 3 aromatic heterocycles. The minimum atomic E-state index is -0.454. The van der Waals surface area contributed by atoms with Crippen molar-refractivity contribution >= 4 is 17.3 Å². The van der Waals surface area contributed by atoms with E-state index in [1.807, 2.05) is 54.6 Å². The van der Waals surface area contributed by atoms with Gasteiger partial charge in [-0.25, -0.2) is 9.78 Å². The second-order valence-electron chi connectivity index (χ2n) is 5.49. The molecule has 3 heterocycles. The van der Waals surface area contributed by atoms with E-state index in [2.05, 4.69) is 14.7 Å². The Bertz CT molecular complexity index is 1040. The zero-order valence-electron chi connectivity index (χ0n) is 13.9. The van der Waals surface area contributed by atoms with Crippen molar-refractivity contribution in [3.63, 3.8) is 0 Å². The van der Waals surface area contributed by atoms with Crippen molar-refractivity contribution in [3.05, 3.63) is 71.9 Å². The first-order valence-corrected chi connectivity index (χ1v) is 8.78. The van der Waals surface area contributed by atoms with Crippen molar-refractivity contribution < 1.29 is 13.9 Å². The Balaban J connectivity index is 1.58. The zero-order valence-corrected chi connectivity index (χ0v) is 14.7. The number of carbonyl (C=O) groups is 1. The maximum absolute atomic E-state index is 11.5. The quantitative estimate of drug-likeness (QED) is 0.482. The van der Waals surface area contributed by atoms with Crippen LogP contribution in [0.2, 0.25) is 0 Å². The van der Waals surface area contributed by atoms with Gasteiger partial charge in [-0.3, -0.25) is 4.98 Å². The minimum Gasteiger partial charge on any atom is -0.464 e.